The molecule has 0 rings (SSSR count). The van der Waals surface area contributed by atoms with Crippen LogP contribution in [0.15, 0.2) is 0 Å². The van der Waals surface area contributed by atoms with Crippen LogP contribution in [0, 0.1) is 0 Å². The van der Waals surface area contributed by atoms with E-state index in [9.17, 15) is 19.2 Å². The third kappa shape index (κ3) is 9.84. The Hall–Kier alpha value is -1.69. The summed E-state index contributed by atoms with van der Waals surface area (Å²) >= 11 is 0. The van der Waals surface area contributed by atoms with Gasteiger partial charge in [-0.3, -0.25) is 19.2 Å². The van der Waals surface area contributed by atoms with Gasteiger partial charge in [0.15, 0.2) is 0 Å². The summed E-state index contributed by atoms with van der Waals surface area (Å²) in [6.45, 7) is 7.51. The SMILES string of the molecule is CC(=O)O[Si](C)(CCC[Si](C)(OC(C)=O)OC(C)=O)COC=O. The Morgan fingerprint density at radius 3 is 1.74 bits per heavy atom. The molecular weight excluding hydrogens is 340 g/mol. The van der Waals surface area contributed by atoms with Gasteiger partial charge in [-0.05, 0) is 19.0 Å². The Labute approximate surface area is 137 Å². The number of hydrogen-bond acceptors (Lipinski definition) is 8. The molecule has 1 atom stereocenters. The van der Waals surface area contributed by atoms with Crippen molar-refractivity contribution in [1.29, 1.82) is 0 Å². The Morgan fingerprint density at radius 1 is 0.870 bits per heavy atom. The summed E-state index contributed by atoms with van der Waals surface area (Å²) in [5.41, 5.74) is 0. The Morgan fingerprint density at radius 2 is 1.35 bits per heavy atom. The van der Waals surface area contributed by atoms with Crippen LogP contribution >= 0.6 is 0 Å². The maximum atomic E-state index is 11.2. The first kappa shape index (κ1) is 21.3. The fraction of sp³-hybridized carbons (Fsp3) is 0.692. The molecule has 0 amide bonds. The topological polar surface area (TPSA) is 105 Å². The first-order valence-electron chi connectivity index (χ1n) is 7.16. The van der Waals surface area contributed by atoms with Gasteiger partial charge in [-0.1, -0.05) is 0 Å². The molecule has 0 radical (unpaired) electrons. The minimum Gasteiger partial charge on any atom is -0.516 e. The number of carbonyl (C=O) groups excluding carboxylic acids is 4. The van der Waals surface area contributed by atoms with Gasteiger partial charge in [0.2, 0.25) is 0 Å². The Balaban J connectivity index is 4.78. The number of carbonyl (C=O) groups is 4. The summed E-state index contributed by atoms with van der Waals surface area (Å²) in [6.07, 6.45) is 0.566. The molecule has 23 heavy (non-hydrogen) atoms. The lowest BCUT2D eigenvalue weighted by Gasteiger charge is -2.28. The third-order valence-corrected chi connectivity index (χ3v) is 8.57. The van der Waals surface area contributed by atoms with Crippen molar-refractivity contribution in [1.82, 2.24) is 0 Å². The van der Waals surface area contributed by atoms with Crippen LogP contribution in [0.2, 0.25) is 25.2 Å². The highest BCUT2D eigenvalue weighted by Crippen LogP contribution is 2.23. The van der Waals surface area contributed by atoms with Gasteiger partial charge in [0.05, 0.1) is 0 Å². The van der Waals surface area contributed by atoms with Crippen LogP contribution in [0.4, 0.5) is 0 Å². The van der Waals surface area contributed by atoms with Gasteiger partial charge in [0.25, 0.3) is 32.7 Å². The lowest BCUT2D eigenvalue weighted by molar-refractivity contribution is -0.139. The van der Waals surface area contributed by atoms with Gasteiger partial charge >= 0.3 is 8.56 Å². The third-order valence-electron chi connectivity index (χ3n) is 2.90. The van der Waals surface area contributed by atoms with Crippen molar-refractivity contribution in [2.75, 3.05) is 6.23 Å². The molecule has 0 aromatic heterocycles. The van der Waals surface area contributed by atoms with Gasteiger partial charge in [0, 0.05) is 33.4 Å². The van der Waals surface area contributed by atoms with Crippen molar-refractivity contribution in [2.45, 2.75) is 52.4 Å². The average Bonchev–Trinajstić information content (AvgIpc) is 2.33. The van der Waals surface area contributed by atoms with Crippen molar-refractivity contribution >= 4 is 41.3 Å². The lowest BCUT2D eigenvalue weighted by atomic mass is 10.6. The summed E-state index contributed by atoms with van der Waals surface area (Å²) in [5.74, 6) is -1.46. The quantitative estimate of drug-likeness (QED) is 0.423. The Kier molecular flexibility index (Phi) is 8.76. The Bertz CT molecular complexity index is 437. The van der Waals surface area contributed by atoms with E-state index in [1.807, 2.05) is 0 Å². The zero-order valence-electron chi connectivity index (χ0n) is 14.2. The fourth-order valence-electron chi connectivity index (χ4n) is 2.22. The van der Waals surface area contributed by atoms with Crippen molar-refractivity contribution in [2.24, 2.45) is 0 Å². The normalized spacial score (nSPS) is 13.4. The van der Waals surface area contributed by atoms with E-state index in [1.54, 1.807) is 13.1 Å². The molecule has 0 aliphatic heterocycles. The lowest BCUT2D eigenvalue weighted by Crippen LogP contribution is -2.44. The minimum atomic E-state index is -2.97. The van der Waals surface area contributed by atoms with Gasteiger partial charge in [-0.25, -0.2) is 0 Å². The smallest absolute Gasteiger partial charge is 0.460 e. The second-order valence-electron chi connectivity index (χ2n) is 5.63. The van der Waals surface area contributed by atoms with Crippen LogP contribution < -0.4 is 0 Å². The standard InChI is InChI=1S/C13H24O8Si2/c1-11(15)19-22(4,10-18-9-14)7-6-8-23(5,20-12(2)16)21-13(3)17/h9H,6-8,10H2,1-5H3. The zero-order chi connectivity index (χ0) is 18.1. The highest BCUT2D eigenvalue weighted by Gasteiger charge is 2.40. The van der Waals surface area contributed by atoms with Crippen LogP contribution in [0.25, 0.3) is 0 Å². The molecular formula is C13H24O8Si2. The summed E-state index contributed by atoms with van der Waals surface area (Å²) in [4.78, 5) is 44.0. The van der Waals surface area contributed by atoms with Crippen LogP contribution in [-0.2, 0) is 37.2 Å². The highest BCUT2D eigenvalue weighted by atomic mass is 28.4. The van der Waals surface area contributed by atoms with Crippen molar-refractivity contribution in [3.8, 4) is 0 Å². The first-order valence-corrected chi connectivity index (χ1v) is 12.5. The van der Waals surface area contributed by atoms with E-state index in [0.717, 1.165) is 0 Å². The fourth-order valence-corrected chi connectivity index (χ4v) is 7.20. The molecule has 0 spiro atoms. The molecule has 132 valence electrons. The summed E-state index contributed by atoms with van der Waals surface area (Å²) in [6, 6.07) is 0.864. The molecule has 0 saturated heterocycles. The van der Waals surface area contributed by atoms with Crippen molar-refractivity contribution in [3.05, 3.63) is 0 Å². The van der Waals surface area contributed by atoms with Gasteiger partial charge in [0.1, 0.15) is 6.23 Å². The minimum absolute atomic E-state index is 0.0511. The van der Waals surface area contributed by atoms with Crippen molar-refractivity contribution < 1.29 is 37.2 Å². The van der Waals surface area contributed by atoms with Crippen LogP contribution in [-0.4, -0.2) is 47.5 Å². The number of rotatable bonds is 10. The van der Waals surface area contributed by atoms with E-state index < -0.39 is 34.8 Å². The molecule has 0 aliphatic carbocycles. The zero-order valence-corrected chi connectivity index (χ0v) is 16.2. The average molecular weight is 364 g/mol. The summed E-state index contributed by atoms with van der Waals surface area (Å²) in [7, 11) is -5.55. The second kappa shape index (κ2) is 9.45. The molecule has 0 aromatic rings. The van der Waals surface area contributed by atoms with Gasteiger partial charge < -0.3 is 18.0 Å². The highest BCUT2D eigenvalue weighted by molar-refractivity contribution is 6.74. The molecule has 0 N–H and O–H groups in total. The van der Waals surface area contributed by atoms with Crippen LogP contribution in [0.3, 0.4) is 0 Å². The molecule has 8 nitrogen and oxygen atoms in total. The van der Waals surface area contributed by atoms with E-state index in [-0.39, 0.29) is 6.23 Å². The van der Waals surface area contributed by atoms with E-state index >= 15 is 0 Å². The van der Waals surface area contributed by atoms with Crippen molar-refractivity contribution in [3.63, 3.8) is 0 Å². The maximum absolute atomic E-state index is 11.2. The molecule has 0 aromatic carbocycles. The van der Waals surface area contributed by atoms with E-state index in [4.69, 9.17) is 18.0 Å². The predicted octanol–water partition coefficient (Wildman–Crippen LogP) is 1.43. The monoisotopic (exact) mass is 364 g/mol. The summed E-state index contributed by atoms with van der Waals surface area (Å²) in [5, 5.41) is 0. The second-order valence-corrected chi connectivity index (χ2v) is 12.7. The molecule has 0 aliphatic rings. The molecule has 0 heterocycles. The number of hydrogen-bond donors (Lipinski definition) is 0. The molecule has 0 fully saturated rings. The number of ether oxygens (including phenoxy) is 1. The van der Waals surface area contributed by atoms with E-state index in [1.165, 1.54) is 20.8 Å². The molecule has 10 heteroatoms. The van der Waals surface area contributed by atoms with E-state index in [0.29, 0.717) is 25.0 Å². The molecule has 0 saturated carbocycles. The predicted molar refractivity (Wildman–Crippen MR) is 84.8 cm³/mol. The maximum Gasteiger partial charge on any atom is 0.460 e. The van der Waals surface area contributed by atoms with Crippen LogP contribution in [0.1, 0.15) is 27.2 Å². The van der Waals surface area contributed by atoms with E-state index in [2.05, 4.69) is 0 Å². The van der Waals surface area contributed by atoms with Gasteiger partial charge in [-0.15, -0.1) is 0 Å². The van der Waals surface area contributed by atoms with Crippen LogP contribution in [0.5, 0.6) is 0 Å². The van der Waals surface area contributed by atoms with Gasteiger partial charge in [-0.2, -0.15) is 0 Å². The first-order chi connectivity index (χ1) is 10.5. The molecule has 0 bridgehead atoms. The molecule has 1 unspecified atom stereocenters. The largest absolute Gasteiger partial charge is 0.516 e. The summed E-state index contributed by atoms with van der Waals surface area (Å²) < 4.78 is 20.5.